The van der Waals surface area contributed by atoms with Crippen LogP contribution in [-0.2, 0) is 17.8 Å². The summed E-state index contributed by atoms with van der Waals surface area (Å²) in [5, 5.41) is 8.21. The summed E-state index contributed by atoms with van der Waals surface area (Å²) < 4.78 is 5.22. The molecule has 2 aromatic rings. The van der Waals surface area contributed by atoms with Gasteiger partial charge in [-0.2, -0.15) is 0 Å². The van der Waals surface area contributed by atoms with Crippen LogP contribution >= 0.6 is 11.3 Å². The summed E-state index contributed by atoms with van der Waals surface area (Å²) in [6.07, 6.45) is -0.399. The third kappa shape index (κ3) is 5.77. The van der Waals surface area contributed by atoms with Crippen LogP contribution in [0.5, 0.6) is 0 Å². The highest BCUT2D eigenvalue weighted by molar-refractivity contribution is 7.09. The number of benzene rings is 1. The molecule has 0 spiro atoms. The summed E-state index contributed by atoms with van der Waals surface area (Å²) >= 11 is 1.73. The molecule has 0 aliphatic rings. The van der Waals surface area contributed by atoms with Crippen LogP contribution in [0.1, 0.15) is 31.2 Å². The normalized spacial score (nSPS) is 11.0. The molecule has 4 nitrogen and oxygen atoms in total. The summed E-state index contributed by atoms with van der Waals surface area (Å²) in [6.45, 7) is 6.80. The van der Waals surface area contributed by atoms with Gasteiger partial charge in [-0.15, -0.1) is 11.3 Å². The van der Waals surface area contributed by atoms with Crippen molar-refractivity contribution in [2.45, 2.75) is 39.5 Å². The van der Waals surface area contributed by atoms with Crippen LogP contribution in [-0.4, -0.2) is 11.7 Å². The molecule has 0 aliphatic carbocycles. The number of ether oxygens (including phenoxy) is 1. The van der Waals surface area contributed by atoms with Crippen molar-refractivity contribution < 1.29 is 9.53 Å². The summed E-state index contributed by atoms with van der Waals surface area (Å²) in [5.41, 5.74) is 1.59. The van der Waals surface area contributed by atoms with Crippen LogP contribution in [0.25, 0.3) is 0 Å². The fourth-order valence-electron chi connectivity index (χ4n) is 1.88. The highest BCUT2D eigenvalue weighted by Crippen LogP contribution is 2.15. The molecule has 2 rings (SSSR count). The minimum absolute atomic E-state index is 0.399. The average molecular weight is 318 g/mol. The molecule has 0 aliphatic heterocycles. The number of carbonyl (C=O) groups is 1. The largest absolute Gasteiger partial charge is 0.444 e. The van der Waals surface area contributed by atoms with Gasteiger partial charge < -0.3 is 15.4 Å². The molecular formula is C17H22N2O2S. The van der Waals surface area contributed by atoms with E-state index in [0.717, 1.165) is 17.8 Å². The number of anilines is 1. The second-order valence-corrected chi connectivity index (χ2v) is 7.02. The van der Waals surface area contributed by atoms with Crippen molar-refractivity contribution in [1.29, 1.82) is 0 Å². The first-order chi connectivity index (χ1) is 10.4. The van der Waals surface area contributed by atoms with Gasteiger partial charge in [0.15, 0.2) is 0 Å². The molecule has 0 saturated carbocycles. The van der Waals surface area contributed by atoms with Crippen molar-refractivity contribution in [1.82, 2.24) is 5.32 Å². The van der Waals surface area contributed by atoms with Crippen LogP contribution in [0.3, 0.4) is 0 Å². The number of alkyl carbamates (subject to hydrolysis) is 1. The monoisotopic (exact) mass is 318 g/mol. The van der Waals surface area contributed by atoms with Gasteiger partial charge >= 0.3 is 6.09 Å². The summed E-state index contributed by atoms with van der Waals surface area (Å²) in [5.74, 6) is 0. The number of rotatable bonds is 5. The minimum Gasteiger partial charge on any atom is -0.444 e. The molecule has 0 bridgehead atoms. The number of amides is 1. The standard InChI is InChI=1S/C17H22N2O2S/c1-17(2,3)21-16(20)19-11-13-6-4-7-14(10-13)18-12-15-8-5-9-22-15/h4-10,18H,11-12H2,1-3H3,(H,19,20). The predicted molar refractivity (Wildman–Crippen MR) is 91.2 cm³/mol. The maximum absolute atomic E-state index is 11.7. The van der Waals surface area contributed by atoms with Crippen LogP contribution in [0.4, 0.5) is 10.5 Å². The van der Waals surface area contributed by atoms with Gasteiger partial charge in [-0.1, -0.05) is 18.2 Å². The van der Waals surface area contributed by atoms with E-state index in [-0.39, 0.29) is 0 Å². The van der Waals surface area contributed by atoms with E-state index in [1.807, 2.05) is 51.1 Å². The van der Waals surface area contributed by atoms with Gasteiger partial charge in [0.2, 0.25) is 0 Å². The van der Waals surface area contributed by atoms with E-state index in [1.165, 1.54) is 4.88 Å². The molecule has 0 fully saturated rings. The molecule has 0 radical (unpaired) electrons. The zero-order valence-electron chi connectivity index (χ0n) is 13.2. The van der Waals surface area contributed by atoms with E-state index in [9.17, 15) is 4.79 Å². The quantitative estimate of drug-likeness (QED) is 0.860. The number of hydrogen-bond acceptors (Lipinski definition) is 4. The zero-order chi connectivity index (χ0) is 16.0. The first-order valence-electron chi connectivity index (χ1n) is 7.24. The Labute approximate surface area is 135 Å². The minimum atomic E-state index is -0.478. The molecule has 1 heterocycles. The topological polar surface area (TPSA) is 50.4 Å². The van der Waals surface area contributed by atoms with Crippen molar-refractivity contribution in [2.24, 2.45) is 0 Å². The highest BCUT2D eigenvalue weighted by atomic mass is 32.1. The Morgan fingerprint density at radius 1 is 1.18 bits per heavy atom. The van der Waals surface area contributed by atoms with Crippen molar-refractivity contribution in [3.63, 3.8) is 0 Å². The first kappa shape index (κ1) is 16.4. The number of carbonyl (C=O) groups excluding carboxylic acids is 1. The van der Waals surface area contributed by atoms with Gasteiger partial charge in [-0.05, 0) is 49.9 Å². The molecule has 22 heavy (non-hydrogen) atoms. The average Bonchev–Trinajstić information content (AvgIpc) is 2.95. The van der Waals surface area contributed by atoms with Crippen LogP contribution in [0, 0.1) is 0 Å². The van der Waals surface area contributed by atoms with E-state index >= 15 is 0 Å². The number of nitrogens with one attached hydrogen (secondary N) is 2. The lowest BCUT2D eigenvalue weighted by atomic mass is 10.2. The van der Waals surface area contributed by atoms with Gasteiger partial charge in [-0.25, -0.2) is 4.79 Å². The van der Waals surface area contributed by atoms with Gasteiger partial charge in [0.05, 0.1) is 0 Å². The Morgan fingerprint density at radius 2 is 2.00 bits per heavy atom. The van der Waals surface area contributed by atoms with Gasteiger partial charge in [0.1, 0.15) is 5.60 Å². The van der Waals surface area contributed by atoms with E-state index in [1.54, 1.807) is 11.3 Å². The second kappa shape index (κ2) is 7.31. The summed E-state index contributed by atoms with van der Waals surface area (Å²) in [7, 11) is 0. The second-order valence-electron chi connectivity index (χ2n) is 5.99. The summed E-state index contributed by atoms with van der Waals surface area (Å²) in [4.78, 5) is 12.9. The van der Waals surface area contributed by atoms with Gasteiger partial charge in [-0.3, -0.25) is 0 Å². The molecule has 1 aromatic carbocycles. The lowest BCUT2D eigenvalue weighted by Gasteiger charge is -2.19. The van der Waals surface area contributed by atoms with E-state index in [0.29, 0.717) is 6.54 Å². The highest BCUT2D eigenvalue weighted by Gasteiger charge is 2.15. The van der Waals surface area contributed by atoms with Crippen molar-refractivity contribution in [2.75, 3.05) is 5.32 Å². The number of thiophene rings is 1. The Balaban J connectivity index is 1.84. The zero-order valence-corrected chi connectivity index (χ0v) is 14.0. The fraction of sp³-hybridized carbons (Fsp3) is 0.353. The van der Waals surface area contributed by atoms with Gasteiger partial charge in [0, 0.05) is 23.7 Å². The Hall–Kier alpha value is -2.01. The molecule has 0 saturated heterocycles. The van der Waals surface area contributed by atoms with Crippen LogP contribution in [0.15, 0.2) is 41.8 Å². The van der Waals surface area contributed by atoms with Crippen molar-refractivity contribution in [3.05, 3.63) is 52.2 Å². The van der Waals surface area contributed by atoms with Crippen LogP contribution < -0.4 is 10.6 Å². The fourth-order valence-corrected chi connectivity index (χ4v) is 2.53. The van der Waals surface area contributed by atoms with E-state index < -0.39 is 11.7 Å². The molecule has 118 valence electrons. The van der Waals surface area contributed by atoms with Crippen molar-refractivity contribution in [3.8, 4) is 0 Å². The summed E-state index contributed by atoms with van der Waals surface area (Å²) in [6, 6.07) is 12.2. The third-order valence-electron chi connectivity index (χ3n) is 2.81. The molecule has 0 atom stereocenters. The third-order valence-corrected chi connectivity index (χ3v) is 3.69. The SMILES string of the molecule is CC(C)(C)OC(=O)NCc1cccc(NCc2cccs2)c1. The molecule has 1 amide bonds. The van der Waals surface area contributed by atoms with Crippen LogP contribution in [0.2, 0.25) is 0 Å². The van der Waals surface area contributed by atoms with E-state index in [2.05, 4.69) is 22.1 Å². The smallest absolute Gasteiger partial charge is 0.407 e. The predicted octanol–water partition coefficient (Wildman–Crippen LogP) is 4.38. The van der Waals surface area contributed by atoms with Gasteiger partial charge in [0.25, 0.3) is 0 Å². The van der Waals surface area contributed by atoms with Crippen molar-refractivity contribution >= 4 is 23.1 Å². The molecule has 1 aromatic heterocycles. The molecular weight excluding hydrogens is 296 g/mol. The number of hydrogen-bond donors (Lipinski definition) is 2. The molecule has 5 heteroatoms. The molecule has 0 unspecified atom stereocenters. The Bertz CT molecular complexity index is 603. The van der Waals surface area contributed by atoms with E-state index in [4.69, 9.17) is 4.74 Å². The maximum atomic E-state index is 11.7. The lowest BCUT2D eigenvalue weighted by molar-refractivity contribution is 0.0523. The first-order valence-corrected chi connectivity index (χ1v) is 8.12. The maximum Gasteiger partial charge on any atom is 0.407 e. The Morgan fingerprint density at radius 3 is 2.68 bits per heavy atom. The lowest BCUT2D eigenvalue weighted by Crippen LogP contribution is -2.32. The Kier molecular flexibility index (Phi) is 5.44. The molecule has 2 N–H and O–H groups in total.